The fourth-order valence-electron chi connectivity index (χ4n) is 2.77. The van der Waals surface area contributed by atoms with Gasteiger partial charge in [0.2, 0.25) is 11.7 Å². The van der Waals surface area contributed by atoms with Gasteiger partial charge in [0.15, 0.2) is 6.29 Å². The van der Waals surface area contributed by atoms with E-state index in [9.17, 15) is 25.2 Å². The van der Waals surface area contributed by atoms with E-state index in [0.717, 1.165) is 0 Å². The molecule has 142 valence electrons. The summed E-state index contributed by atoms with van der Waals surface area (Å²) in [6.45, 7) is 0. The van der Waals surface area contributed by atoms with Crippen LogP contribution in [0.5, 0.6) is 5.75 Å². The number of thiazole rings is 1. The van der Waals surface area contributed by atoms with Crippen LogP contribution in [0.4, 0.5) is 0 Å². The van der Waals surface area contributed by atoms with Gasteiger partial charge in [-0.25, -0.2) is 4.98 Å². The molecule has 1 aromatic carbocycles. The van der Waals surface area contributed by atoms with Gasteiger partial charge in [-0.15, -0.1) is 11.3 Å². The number of hydrogen-bond acceptors (Lipinski definition) is 10. The van der Waals surface area contributed by atoms with Crippen molar-refractivity contribution in [3.05, 3.63) is 45.6 Å². The predicted octanol–water partition coefficient (Wildman–Crippen LogP) is 0.0527. The van der Waals surface area contributed by atoms with Crippen LogP contribution >= 0.6 is 11.3 Å². The first-order valence-corrected chi connectivity index (χ1v) is 8.88. The molecule has 5 atom stereocenters. The molecular weight excluding hydrogens is 378 g/mol. The van der Waals surface area contributed by atoms with Gasteiger partial charge in [-0.3, -0.25) is 4.79 Å². The third-order valence-electron chi connectivity index (χ3n) is 4.25. The van der Waals surface area contributed by atoms with Crippen molar-refractivity contribution in [3.8, 4) is 17.0 Å². The number of benzene rings is 1. The smallest absolute Gasteiger partial charge is 0.231 e. The molecule has 4 N–H and O–H groups in total. The minimum Gasteiger partial charge on any atom is -0.463 e. The topological polar surface area (TPSA) is 142 Å². The molecule has 0 amide bonds. The second-order valence-corrected chi connectivity index (χ2v) is 6.71. The second-order valence-electron chi connectivity index (χ2n) is 5.99. The summed E-state index contributed by atoms with van der Waals surface area (Å²) in [4.78, 5) is 16.7. The summed E-state index contributed by atoms with van der Waals surface area (Å²) in [5.41, 5.74) is 2.46. The highest BCUT2D eigenvalue weighted by atomic mass is 32.1. The lowest BCUT2D eigenvalue weighted by molar-refractivity contribution is -0.321. The zero-order chi connectivity index (χ0) is 19.1. The molecule has 1 fully saturated rings. The number of rotatable bonds is 3. The van der Waals surface area contributed by atoms with Crippen LogP contribution in [0.1, 0.15) is 0 Å². The van der Waals surface area contributed by atoms with Crippen molar-refractivity contribution >= 4 is 22.3 Å². The van der Waals surface area contributed by atoms with Crippen LogP contribution < -0.4 is 10.2 Å². The summed E-state index contributed by atoms with van der Waals surface area (Å²) in [6, 6.07) is 4.37. The number of aliphatic hydroxyl groups excluding tert-OH is 4. The van der Waals surface area contributed by atoms with Crippen LogP contribution in [-0.2, 0) is 4.74 Å². The molecule has 4 rings (SSSR count). The molecule has 1 aliphatic rings. The van der Waals surface area contributed by atoms with E-state index in [0.29, 0.717) is 16.6 Å². The van der Waals surface area contributed by atoms with E-state index >= 15 is 0 Å². The van der Waals surface area contributed by atoms with E-state index in [1.165, 1.54) is 35.8 Å². The van der Waals surface area contributed by atoms with Gasteiger partial charge in [0.1, 0.15) is 35.9 Å². The Balaban J connectivity index is 1.63. The van der Waals surface area contributed by atoms with Crippen molar-refractivity contribution in [1.29, 1.82) is 0 Å². The van der Waals surface area contributed by atoms with Crippen LogP contribution in [0.2, 0.25) is 0 Å². The zero-order valence-corrected chi connectivity index (χ0v) is 14.4. The van der Waals surface area contributed by atoms with Crippen LogP contribution in [-0.4, -0.2) is 56.3 Å². The van der Waals surface area contributed by atoms with Gasteiger partial charge in [0.05, 0.1) is 22.2 Å². The van der Waals surface area contributed by atoms with E-state index < -0.39 is 30.9 Å². The predicted molar refractivity (Wildman–Crippen MR) is 93.1 cm³/mol. The molecule has 0 bridgehead atoms. The Morgan fingerprint density at radius 2 is 1.93 bits per heavy atom. The third kappa shape index (κ3) is 3.23. The van der Waals surface area contributed by atoms with Gasteiger partial charge < -0.3 is 34.3 Å². The normalized spacial score (nSPS) is 28.4. The van der Waals surface area contributed by atoms with E-state index in [1.54, 1.807) is 10.9 Å². The summed E-state index contributed by atoms with van der Waals surface area (Å²) < 4.78 is 15.9. The molecule has 3 aromatic rings. The zero-order valence-electron chi connectivity index (χ0n) is 13.6. The Kier molecular flexibility index (Phi) is 4.68. The maximum absolute atomic E-state index is 12.6. The molecule has 0 spiro atoms. The van der Waals surface area contributed by atoms with E-state index in [4.69, 9.17) is 13.9 Å². The lowest BCUT2D eigenvalue weighted by Crippen LogP contribution is -2.59. The molecule has 27 heavy (non-hydrogen) atoms. The Hall–Kier alpha value is -2.34. The number of ether oxygens (including phenoxy) is 2. The van der Waals surface area contributed by atoms with E-state index in [-0.39, 0.29) is 16.8 Å². The first kappa shape index (κ1) is 18.0. The largest absolute Gasteiger partial charge is 0.463 e. The molecule has 0 radical (unpaired) electrons. The lowest BCUT2D eigenvalue weighted by atomic mass is 10.0. The molecule has 1 saturated heterocycles. The maximum Gasteiger partial charge on any atom is 0.231 e. The highest BCUT2D eigenvalue weighted by molar-refractivity contribution is 7.07. The molecule has 3 heterocycles. The van der Waals surface area contributed by atoms with Crippen molar-refractivity contribution in [2.24, 2.45) is 0 Å². The van der Waals surface area contributed by atoms with Gasteiger partial charge in [-0.05, 0) is 12.1 Å². The van der Waals surface area contributed by atoms with Crippen molar-refractivity contribution in [2.45, 2.75) is 30.9 Å². The molecule has 0 aliphatic carbocycles. The van der Waals surface area contributed by atoms with Crippen LogP contribution in [0.25, 0.3) is 22.2 Å². The highest BCUT2D eigenvalue weighted by Crippen LogP contribution is 2.26. The van der Waals surface area contributed by atoms with Gasteiger partial charge >= 0.3 is 0 Å². The first-order chi connectivity index (χ1) is 13.0. The number of hydrogen-bond donors (Lipinski definition) is 4. The average molecular weight is 393 g/mol. The molecular formula is C17H15NO8S. The molecule has 0 saturated carbocycles. The minimum atomic E-state index is -1.72. The van der Waals surface area contributed by atoms with Crippen molar-refractivity contribution in [2.75, 3.05) is 0 Å². The van der Waals surface area contributed by atoms with E-state index in [2.05, 4.69) is 4.98 Å². The van der Waals surface area contributed by atoms with Gasteiger partial charge in [0, 0.05) is 11.4 Å². The summed E-state index contributed by atoms with van der Waals surface area (Å²) in [5.74, 6) is 0.173. The lowest BCUT2D eigenvalue weighted by Gasteiger charge is -2.37. The molecule has 9 nitrogen and oxygen atoms in total. The van der Waals surface area contributed by atoms with Crippen LogP contribution in [0, 0.1) is 0 Å². The maximum atomic E-state index is 12.6. The number of aromatic nitrogens is 1. The quantitative estimate of drug-likeness (QED) is 0.485. The first-order valence-electron chi connectivity index (χ1n) is 7.94. The second kappa shape index (κ2) is 7.00. The van der Waals surface area contributed by atoms with Crippen LogP contribution in [0.3, 0.4) is 0 Å². The average Bonchev–Trinajstić information content (AvgIpc) is 3.19. The Morgan fingerprint density at radius 3 is 2.67 bits per heavy atom. The Bertz CT molecular complexity index is 1000. The summed E-state index contributed by atoms with van der Waals surface area (Å²) in [5, 5.41) is 40.7. The van der Waals surface area contributed by atoms with E-state index in [1.807, 2.05) is 0 Å². The standard InChI is InChI=1S/C17H15NO8S/c19-12-8-2-1-7(25-17-15(22)13(20)14(21)16(23)26-17)3-11(8)24-4-9(12)10-5-27-6-18-10/h1-6,13-17,20-23H. The SMILES string of the molecule is O=c1c(-c2cscn2)coc2cc(OC3OC(O)C(O)C(O)C3O)ccc12. The summed E-state index contributed by atoms with van der Waals surface area (Å²) in [7, 11) is 0. The molecule has 2 aromatic heterocycles. The number of fused-ring (bicyclic) bond motifs is 1. The number of aliphatic hydroxyl groups is 4. The molecule has 1 aliphatic heterocycles. The monoisotopic (exact) mass is 393 g/mol. The van der Waals surface area contributed by atoms with Crippen LogP contribution in [0.15, 0.2) is 44.6 Å². The van der Waals surface area contributed by atoms with Crippen molar-refractivity contribution in [1.82, 2.24) is 4.98 Å². The number of nitrogens with zero attached hydrogens (tertiary/aromatic N) is 1. The third-order valence-corrected chi connectivity index (χ3v) is 4.84. The fourth-order valence-corrected chi connectivity index (χ4v) is 3.32. The highest BCUT2D eigenvalue weighted by Gasteiger charge is 2.44. The molecule has 5 unspecified atom stereocenters. The van der Waals surface area contributed by atoms with Crippen molar-refractivity contribution < 1.29 is 34.3 Å². The minimum absolute atomic E-state index is 0.173. The van der Waals surface area contributed by atoms with Gasteiger partial charge in [0.25, 0.3) is 0 Å². The summed E-state index contributed by atoms with van der Waals surface area (Å²) >= 11 is 1.36. The summed E-state index contributed by atoms with van der Waals surface area (Å²) in [6.07, 6.45) is -6.71. The Morgan fingerprint density at radius 1 is 1.11 bits per heavy atom. The molecule has 10 heteroatoms. The van der Waals surface area contributed by atoms with Gasteiger partial charge in [-0.2, -0.15) is 0 Å². The van der Waals surface area contributed by atoms with Gasteiger partial charge in [-0.1, -0.05) is 0 Å². The van der Waals surface area contributed by atoms with Crippen molar-refractivity contribution in [3.63, 3.8) is 0 Å². The fraction of sp³-hybridized carbons (Fsp3) is 0.294. The Labute approximate surface area is 155 Å².